The van der Waals surface area contributed by atoms with Gasteiger partial charge >= 0.3 is 0 Å². The van der Waals surface area contributed by atoms with Crippen molar-refractivity contribution in [2.45, 2.75) is 33.7 Å². The highest BCUT2D eigenvalue weighted by molar-refractivity contribution is 5.46. The van der Waals surface area contributed by atoms with Gasteiger partial charge in [-0.1, -0.05) is 0 Å². The Bertz CT molecular complexity index is 575. The first-order valence-corrected chi connectivity index (χ1v) is 6.87. The van der Waals surface area contributed by atoms with Crippen molar-refractivity contribution >= 4 is 11.6 Å². The fourth-order valence-corrected chi connectivity index (χ4v) is 2.13. The van der Waals surface area contributed by atoms with Crippen LogP contribution in [0.3, 0.4) is 0 Å². The van der Waals surface area contributed by atoms with Gasteiger partial charge in [0.15, 0.2) is 0 Å². The summed E-state index contributed by atoms with van der Waals surface area (Å²) in [5.41, 5.74) is 2.28. The molecule has 6 nitrogen and oxygen atoms in total. The minimum Gasteiger partial charge on any atom is -0.373 e. The lowest BCUT2D eigenvalue weighted by atomic mass is 10.3. The maximum absolute atomic E-state index is 4.45. The molecule has 2 aromatic heterocycles. The Morgan fingerprint density at radius 1 is 1.10 bits per heavy atom. The number of hydrogen-bond donors (Lipinski definition) is 2. The van der Waals surface area contributed by atoms with E-state index in [4.69, 9.17) is 0 Å². The molecule has 2 heterocycles. The van der Waals surface area contributed by atoms with Crippen LogP contribution >= 0.6 is 0 Å². The predicted octanol–water partition coefficient (Wildman–Crippen LogP) is 2.14. The van der Waals surface area contributed by atoms with E-state index in [0.717, 1.165) is 42.7 Å². The average Bonchev–Trinajstić information content (AvgIpc) is 2.72. The van der Waals surface area contributed by atoms with Crippen molar-refractivity contribution in [2.75, 3.05) is 24.2 Å². The summed E-state index contributed by atoms with van der Waals surface area (Å²) in [6.07, 6.45) is 1.000. The van der Waals surface area contributed by atoms with Crippen LogP contribution in [0.5, 0.6) is 0 Å². The fourth-order valence-electron chi connectivity index (χ4n) is 2.13. The lowest BCUT2D eigenvalue weighted by Crippen LogP contribution is -2.10. The van der Waals surface area contributed by atoms with E-state index in [2.05, 4.69) is 38.7 Å². The van der Waals surface area contributed by atoms with Crippen LogP contribution in [-0.2, 0) is 6.54 Å². The van der Waals surface area contributed by atoms with Gasteiger partial charge in [-0.15, -0.1) is 0 Å². The molecule has 20 heavy (non-hydrogen) atoms. The molecule has 2 rings (SSSR count). The zero-order valence-corrected chi connectivity index (χ0v) is 12.6. The molecule has 0 radical (unpaired) electrons. The van der Waals surface area contributed by atoms with Gasteiger partial charge in [0.1, 0.15) is 17.5 Å². The predicted molar refractivity (Wildman–Crippen MR) is 81.1 cm³/mol. The summed E-state index contributed by atoms with van der Waals surface area (Å²) in [4.78, 5) is 8.63. The number of aryl methyl sites for hydroxylation is 4. The molecular formula is C14H22N6. The molecule has 6 heteroatoms. The van der Waals surface area contributed by atoms with Crippen LogP contribution < -0.4 is 10.6 Å². The normalized spacial score (nSPS) is 10.6. The van der Waals surface area contributed by atoms with E-state index in [9.17, 15) is 0 Å². The minimum atomic E-state index is 0.762. The molecule has 0 aliphatic carbocycles. The van der Waals surface area contributed by atoms with Crippen molar-refractivity contribution in [3.63, 3.8) is 0 Å². The number of anilines is 2. The number of hydrogen-bond acceptors (Lipinski definition) is 5. The molecule has 2 aromatic rings. The third kappa shape index (κ3) is 3.69. The van der Waals surface area contributed by atoms with Crippen molar-refractivity contribution < 1.29 is 0 Å². The van der Waals surface area contributed by atoms with Crippen molar-refractivity contribution in [3.05, 3.63) is 29.3 Å². The summed E-state index contributed by atoms with van der Waals surface area (Å²) in [6.45, 7) is 7.76. The van der Waals surface area contributed by atoms with Crippen molar-refractivity contribution in [2.24, 2.45) is 0 Å². The summed E-state index contributed by atoms with van der Waals surface area (Å²) < 4.78 is 2.04. The summed E-state index contributed by atoms with van der Waals surface area (Å²) in [6, 6.07) is 4.01. The Labute approximate surface area is 119 Å². The average molecular weight is 274 g/mol. The molecule has 0 bridgehead atoms. The SMILES string of the molecule is CNc1cc(NCCCn2nc(C)cc2C)nc(C)n1. The maximum Gasteiger partial charge on any atom is 0.131 e. The van der Waals surface area contributed by atoms with E-state index >= 15 is 0 Å². The molecule has 0 amide bonds. The first-order chi connectivity index (χ1) is 9.58. The lowest BCUT2D eigenvalue weighted by molar-refractivity contribution is 0.573. The zero-order valence-electron chi connectivity index (χ0n) is 12.6. The van der Waals surface area contributed by atoms with Crippen molar-refractivity contribution in [1.82, 2.24) is 19.7 Å². The summed E-state index contributed by atoms with van der Waals surface area (Å²) in [7, 11) is 1.86. The van der Waals surface area contributed by atoms with Gasteiger partial charge in [-0.25, -0.2) is 9.97 Å². The first kappa shape index (κ1) is 14.3. The molecule has 0 atom stereocenters. The molecule has 0 saturated heterocycles. The van der Waals surface area contributed by atoms with E-state index < -0.39 is 0 Å². The third-order valence-corrected chi connectivity index (χ3v) is 3.05. The largest absolute Gasteiger partial charge is 0.373 e. The van der Waals surface area contributed by atoms with E-state index in [-0.39, 0.29) is 0 Å². The van der Waals surface area contributed by atoms with Gasteiger partial charge in [0, 0.05) is 31.9 Å². The molecule has 0 unspecified atom stereocenters. The third-order valence-electron chi connectivity index (χ3n) is 3.05. The van der Waals surface area contributed by atoms with Gasteiger partial charge < -0.3 is 10.6 Å². The number of nitrogens with one attached hydrogen (secondary N) is 2. The van der Waals surface area contributed by atoms with E-state index in [1.807, 2.05) is 31.6 Å². The highest BCUT2D eigenvalue weighted by atomic mass is 15.3. The molecule has 0 aliphatic heterocycles. The molecule has 0 saturated carbocycles. The minimum absolute atomic E-state index is 0.762. The first-order valence-electron chi connectivity index (χ1n) is 6.87. The summed E-state index contributed by atoms with van der Waals surface area (Å²) in [5.74, 6) is 2.45. The Hall–Kier alpha value is -2.11. The molecule has 0 spiro atoms. The Balaban J connectivity index is 1.84. The number of aromatic nitrogens is 4. The van der Waals surface area contributed by atoms with Crippen molar-refractivity contribution in [1.29, 1.82) is 0 Å². The zero-order chi connectivity index (χ0) is 14.5. The quantitative estimate of drug-likeness (QED) is 0.790. The smallest absolute Gasteiger partial charge is 0.131 e. The topological polar surface area (TPSA) is 67.7 Å². The molecular weight excluding hydrogens is 252 g/mol. The second-order valence-corrected chi connectivity index (χ2v) is 4.87. The Kier molecular flexibility index (Phi) is 4.55. The van der Waals surface area contributed by atoms with Crippen LogP contribution in [0.1, 0.15) is 23.6 Å². The van der Waals surface area contributed by atoms with Gasteiger partial charge in [-0.05, 0) is 33.3 Å². The maximum atomic E-state index is 4.45. The van der Waals surface area contributed by atoms with Gasteiger partial charge in [0.05, 0.1) is 5.69 Å². The van der Waals surface area contributed by atoms with Gasteiger partial charge in [-0.2, -0.15) is 5.10 Å². The second-order valence-electron chi connectivity index (χ2n) is 4.87. The van der Waals surface area contributed by atoms with Crippen LogP contribution in [0.25, 0.3) is 0 Å². The molecule has 0 aliphatic rings. The number of nitrogens with zero attached hydrogens (tertiary/aromatic N) is 4. The van der Waals surface area contributed by atoms with Gasteiger partial charge in [-0.3, -0.25) is 4.68 Å². The highest BCUT2D eigenvalue weighted by Crippen LogP contribution is 2.10. The van der Waals surface area contributed by atoms with Crippen LogP contribution in [-0.4, -0.2) is 33.3 Å². The van der Waals surface area contributed by atoms with E-state index in [0.29, 0.717) is 0 Å². The Morgan fingerprint density at radius 2 is 1.85 bits per heavy atom. The van der Waals surface area contributed by atoms with Gasteiger partial charge in [0.2, 0.25) is 0 Å². The number of rotatable bonds is 6. The van der Waals surface area contributed by atoms with Crippen LogP contribution in [0, 0.1) is 20.8 Å². The Morgan fingerprint density at radius 3 is 2.50 bits per heavy atom. The van der Waals surface area contributed by atoms with Crippen LogP contribution in [0.4, 0.5) is 11.6 Å². The summed E-state index contributed by atoms with van der Waals surface area (Å²) in [5, 5.41) is 10.8. The molecule has 0 aromatic carbocycles. The lowest BCUT2D eigenvalue weighted by Gasteiger charge is -2.09. The standard InChI is InChI=1S/C14H22N6/c1-10-8-11(2)20(19-10)7-5-6-16-14-9-13(15-4)17-12(3)18-14/h8-9H,5-7H2,1-4H3,(H2,15,16,17,18). The van der Waals surface area contributed by atoms with E-state index in [1.165, 1.54) is 5.69 Å². The van der Waals surface area contributed by atoms with E-state index in [1.54, 1.807) is 0 Å². The molecule has 2 N–H and O–H groups in total. The monoisotopic (exact) mass is 274 g/mol. The summed E-state index contributed by atoms with van der Waals surface area (Å²) >= 11 is 0. The fraction of sp³-hybridized carbons (Fsp3) is 0.500. The highest BCUT2D eigenvalue weighted by Gasteiger charge is 2.02. The van der Waals surface area contributed by atoms with Gasteiger partial charge in [0.25, 0.3) is 0 Å². The van der Waals surface area contributed by atoms with Crippen LogP contribution in [0.2, 0.25) is 0 Å². The van der Waals surface area contributed by atoms with Crippen molar-refractivity contribution in [3.8, 4) is 0 Å². The second kappa shape index (κ2) is 6.36. The van der Waals surface area contributed by atoms with Crippen LogP contribution in [0.15, 0.2) is 12.1 Å². The molecule has 108 valence electrons. The molecule has 0 fully saturated rings.